The molecule has 0 saturated carbocycles. The lowest BCUT2D eigenvalue weighted by Crippen LogP contribution is -2.34. The Morgan fingerprint density at radius 2 is 1.92 bits per heavy atom. The highest BCUT2D eigenvalue weighted by Gasteiger charge is 2.24. The van der Waals surface area contributed by atoms with Crippen molar-refractivity contribution in [3.05, 3.63) is 0 Å². The van der Waals surface area contributed by atoms with Crippen molar-refractivity contribution in [3.8, 4) is 0 Å². The van der Waals surface area contributed by atoms with E-state index >= 15 is 0 Å². The molecule has 80 valence electrons. The molecule has 0 heterocycles. The van der Waals surface area contributed by atoms with Gasteiger partial charge in [0.25, 0.3) is 0 Å². The second kappa shape index (κ2) is 6.35. The van der Waals surface area contributed by atoms with Crippen LogP contribution in [0.1, 0.15) is 27.7 Å². The SMILES string of the molecule is CCOC(COCCO)C(C)(C)C. The van der Waals surface area contributed by atoms with Crippen LogP contribution in [-0.4, -0.2) is 37.6 Å². The van der Waals surface area contributed by atoms with Gasteiger partial charge in [0.15, 0.2) is 0 Å². The zero-order valence-corrected chi connectivity index (χ0v) is 9.17. The van der Waals surface area contributed by atoms with Crippen LogP contribution in [0.5, 0.6) is 0 Å². The summed E-state index contributed by atoms with van der Waals surface area (Å²) in [5.41, 5.74) is 0.0888. The Morgan fingerprint density at radius 1 is 1.31 bits per heavy atom. The van der Waals surface area contributed by atoms with Crippen molar-refractivity contribution in [2.24, 2.45) is 5.41 Å². The predicted octanol–water partition coefficient (Wildman–Crippen LogP) is 1.45. The predicted molar refractivity (Wildman–Crippen MR) is 52.8 cm³/mol. The van der Waals surface area contributed by atoms with E-state index in [-0.39, 0.29) is 18.1 Å². The third kappa shape index (κ3) is 6.02. The van der Waals surface area contributed by atoms with Crippen molar-refractivity contribution >= 4 is 0 Å². The van der Waals surface area contributed by atoms with Gasteiger partial charge in [0, 0.05) is 6.61 Å². The fraction of sp³-hybridized carbons (Fsp3) is 1.00. The number of ether oxygens (including phenoxy) is 2. The number of hydrogen-bond acceptors (Lipinski definition) is 3. The summed E-state index contributed by atoms with van der Waals surface area (Å²) in [5.74, 6) is 0. The molecule has 0 aliphatic heterocycles. The summed E-state index contributed by atoms with van der Waals surface area (Å²) in [6, 6.07) is 0. The highest BCUT2D eigenvalue weighted by molar-refractivity contribution is 4.73. The molecule has 0 rings (SSSR count). The summed E-state index contributed by atoms with van der Waals surface area (Å²) in [7, 11) is 0. The molecular formula is C10H22O3. The van der Waals surface area contributed by atoms with Gasteiger partial charge < -0.3 is 14.6 Å². The zero-order chi connectivity index (χ0) is 10.3. The van der Waals surface area contributed by atoms with Crippen LogP contribution in [-0.2, 0) is 9.47 Å². The van der Waals surface area contributed by atoms with Gasteiger partial charge in [-0.3, -0.25) is 0 Å². The molecular weight excluding hydrogens is 168 g/mol. The Hall–Kier alpha value is -0.120. The Morgan fingerprint density at radius 3 is 2.31 bits per heavy atom. The Bertz CT molecular complexity index is 118. The fourth-order valence-corrected chi connectivity index (χ4v) is 1.00. The van der Waals surface area contributed by atoms with Gasteiger partial charge in [0.2, 0.25) is 0 Å². The molecule has 0 aromatic rings. The minimum atomic E-state index is 0.0724. The molecule has 3 nitrogen and oxygen atoms in total. The van der Waals surface area contributed by atoms with Crippen LogP contribution >= 0.6 is 0 Å². The lowest BCUT2D eigenvalue weighted by molar-refractivity contribution is -0.0690. The first kappa shape index (κ1) is 12.9. The van der Waals surface area contributed by atoms with Gasteiger partial charge in [-0.1, -0.05) is 20.8 Å². The zero-order valence-electron chi connectivity index (χ0n) is 9.17. The largest absolute Gasteiger partial charge is 0.394 e. The molecule has 0 aromatic carbocycles. The van der Waals surface area contributed by atoms with Gasteiger partial charge in [-0.15, -0.1) is 0 Å². The van der Waals surface area contributed by atoms with Gasteiger partial charge >= 0.3 is 0 Å². The van der Waals surface area contributed by atoms with Crippen LogP contribution in [0.2, 0.25) is 0 Å². The van der Waals surface area contributed by atoms with E-state index in [4.69, 9.17) is 14.6 Å². The minimum absolute atomic E-state index is 0.0724. The molecule has 3 heteroatoms. The maximum Gasteiger partial charge on any atom is 0.0856 e. The van der Waals surface area contributed by atoms with Gasteiger partial charge in [0.05, 0.1) is 25.9 Å². The van der Waals surface area contributed by atoms with E-state index < -0.39 is 0 Å². The van der Waals surface area contributed by atoms with E-state index in [1.165, 1.54) is 0 Å². The number of hydrogen-bond donors (Lipinski definition) is 1. The maximum absolute atomic E-state index is 8.55. The lowest BCUT2D eigenvalue weighted by Gasteiger charge is -2.30. The second-order valence-electron chi connectivity index (χ2n) is 4.11. The maximum atomic E-state index is 8.55. The minimum Gasteiger partial charge on any atom is -0.394 e. The summed E-state index contributed by atoms with van der Waals surface area (Å²) >= 11 is 0. The first-order valence-corrected chi connectivity index (χ1v) is 4.82. The average molecular weight is 190 g/mol. The van der Waals surface area contributed by atoms with E-state index in [1.807, 2.05) is 6.92 Å². The Labute approximate surface area is 81.0 Å². The fourth-order valence-electron chi connectivity index (χ4n) is 1.00. The van der Waals surface area contributed by atoms with E-state index in [2.05, 4.69) is 20.8 Å². The van der Waals surface area contributed by atoms with E-state index in [1.54, 1.807) is 0 Å². The van der Waals surface area contributed by atoms with Crippen LogP contribution in [0.4, 0.5) is 0 Å². The van der Waals surface area contributed by atoms with Crippen LogP contribution < -0.4 is 0 Å². The first-order valence-electron chi connectivity index (χ1n) is 4.82. The molecule has 0 bridgehead atoms. The number of aliphatic hydroxyl groups is 1. The summed E-state index contributed by atoms with van der Waals surface area (Å²) in [5, 5.41) is 8.55. The van der Waals surface area contributed by atoms with Crippen molar-refractivity contribution in [3.63, 3.8) is 0 Å². The quantitative estimate of drug-likeness (QED) is 0.644. The van der Waals surface area contributed by atoms with Crippen molar-refractivity contribution in [2.75, 3.05) is 26.4 Å². The van der Waals surface area contributed by atoms with Crippen molar-refractivity contribution < 1.29 is 14.6 Å². The van der Waals surface area contributed by atoms with Gasteiger partial charge in [-0.05, 0) is 12.3 Å². The standard InChI is InChI=1S/C10H22O3/c1-5-13-9(10(2,3)4)8-12-7-6-11/h9,11H,5-8H2,1-4H3. The molecule has 0 fully saturated rings. The Kier molecular flexibility index (Phi) is 6.29. The van der Waals surface area contributed by atoms with Crippen molar-refractivity contribution in [2.45, 2.75) is 33.8 Å². The molecule has 0 radical (unpaired) electrons. The topological polar surface area (TPSA) is 38.7 Å². The molecule has 13 heavy (non-hydrogen) atoms. The van der Waals surface area contributed by atoms with Crippen molar-refractivity contribution in [1.29, 1.82) is 0 Å². The monoisotopic (exact) mass is 190 g/mol. The molecule has 0 spiro atoms. The Balaban J connectivity index is 3.81. The highest BCUT2D eigenvalue weighted by Crippen LogP contribution is 2.22. The van der Waals surface area contributed by atoms with Gasteiger partial charge in [-0.2, -0.15) is 0 Å². The summed E-state index contributed by atoms with van der Waals surface area (Å²) < 4.78 is 10.8. The molecule has 0 amide bonds. The molecule has 0 aromatic heterocycles. The van der Waals surface area contributed by atoms with Gasteiger partial charge in [-0.25, -0.2) is 0 Å². The number of rotatable bonds is 6. The highest BCUT2D eigenvalue weighted by atomic mass is 16.5. The molecule has 1 N–H and O–H groups in total. The molecule has 0 aliphatic rings. The van der Waals surface area contributed by atoms with Crippen molar-refractivity contribution in [1.82, 2.24) is 0 Å². The second-order valence-corrected chi connectivity index (χ2v) is 4.11. The van der Waals surface area contributed by atoms with E-state index in [9.17, 15) is 0 Å². The van der Waals surface area contributed by atoms with E-state index in [0.29, 0.717) is 19.8 Å². The van der Waals surface area contributed by atoms with Gasteiger partial charge in [0.1, 0.15) is 0 Å². The lowest BCUT2D eigenvalue weighted by atomic mass is 9.89. The van der Waals surface area contributed by atoms with Crippen LogP contribution in [0.25, 0.3) is 0 Å². The third-order valence-electron chi connectivity index (χ3n) is 1.84. The molecule has 0 aliphatic carbocycles. The third-order valence-corrected chi connectivity index (χ3v) is 1.84. The first-order chi connectivity index (χ1) is 6.02. The molecule has 0 saturated heterocycles. The normalized spacial score (nSPS) is 14.5. The number of aliphatic hydroxyl groups excluding tert-OH is 1. The van der Waals surface area contributed by atoms with E-state index in [0.717, 1.165) is 0 Å². The molecule has 1 unspecified atom stereocenters. The van der Waals surface area contributed by atoms with Crippen LogP contribution in [0.3, 0.4) is 0 Å². The summed E-state index contributed by atoms with van der Waals surface area (Å²) in [6.45, 7) is 10.1. The molecule has 1 atom stereocenters. The average Bonchev–Trinajstić information content (AvgIpc) is 2.01. The summed E-state index contributed by atoms with van der Waals surface area (Å²) in [6.07, 6.45) is 0.101. The smallest absolute Gasteiger partial charge is 0.0856 e. The van der Waals surface area contributed by atoms with Crippen LogP contribution in [0.15, 0.2) is 0 Å². The van der Waals surface area contributed by atoms with Crippen LogP contribution in [0, 0.1) is 5.41 Å². The summed E-state index contributed by atoms with van der Waals surface area (Å²) in [4.78, 5) is 0.